The highest BCUT2D eigenvalue weighted by molar-refractivity contribution is 7.99. The molecule has 1 aliphatic heterocycles. The average Bonchev–Trinajstić information content (AvgIpc) is 3.23. The van der Waals surface area contributed by atoms with E-state index in [2.05, 4.69) is 27.2 Å². The van der Waals surface area contributed by atoms with Crippen LogP contribution in [-0.4, -0.2) is 103 Å². The van der Waals surface area contributed by atoms with Crippen LogP contribution in [0.3, 0.4) is 0 Å². The number of nitrogens with zero attached hydrogens (tertiary/aromatic N) is 3. The number of alkyl halides is 2. The topological polar surface area (TPSA) is 119 Å². The molecule has 10 nitrogen and oxygen atoms in total. The summed E-state index contributed by atoms with van der Waals surface area (Å²) in [6.45, 7) is 4.81. The number of nitrogens with one attached hydrogen (secondary N) is 2. The summed E-state index contributed by atoms with van der Waals surface area (Å²) in [7, 11) is -6.17. The third-order valence-corrected chi connectivity index (χ3v) is 14.7. The van der Waals surface area contributed by atoms with Crippen molar-refractivity contribution in [2.45, 2.75) is 58.6 Å². The maximum atomic E-state index is 14.0. The first-order valence-corrected chi connectivity index (χ1v) is 24.0. The molecule has 59 heavy (non-hydrogen) atoms. The van der Waals surface area contributed by atoms with Crippen molar-refractivity contribution < 1.29 is 30.4 Å². The van der Waals surface area contributed by atoms with Crippen LogP contribution in [0.4, 0.5) is 20.2 Å². The number of benzene rings is 4. The Bertz CT molecular complexity index is 2310. The molecule has 1 atom stereocenters. The van der Waals surface area contributed by atoms with E-state index >= 15 is 0 Å². The van der Waals surface area contributed by atoms with Gasteiger partial charge in [-0.3, -0.25) is 9.69 Å². The van der Waals surface area contributed by atoms with Gasteiger partial charge in [0.15, 0.2) is 0 Å². The number of anilines is 2. The predicted molar refractivity (Wildman–Crippen MR) is 234 cm³/mol. The zero-order valence-electron chi connectivity index (χ0n) is 33.1. The lowest BCUT2D eigenvalue weighted by atomic mass is 9.87. The monoisotopic (exact) mass is 885 g/mol. The van der Waals surface area contributed by atoms with Gasteiger partial charge in [0.05, 0.1) is 15.5 Å². The molecule has 316 valence electrons. The molecule has 1 amide bonds. The van der Waals surface area contributed by atoms with Crippen LogP contribution in [-0.2, 0) is 19.9 Å². The molecule has 0 saturated carbocycles. The third kappa shape index (κ3) is 11.9. The van der Waals surface area contributed by atoms with E-state index in [0.29, 0.717) is 24.8 Å². The molecule has 2 aliphatic rings. The van der Waals surface area contributed by atoms with Gasteiger partial charge in [-0.15, -0.1) is 11.8 Å². The van der Waals surface area contributed by atoms with Crippen molar-refractivity contribution in [3.8, 4) is 0 Å². The van der Waals surface area contributed by atoms with Gasteiger partial charge in [-0.25, -0.2) is 21.6 Å². The Balaban J connectivity index is 1.10. The molecule has 0 unspecified atom stereocenters. The number of carbonyl (C=O) groups excluding carboxylic acids is 1. The number of hydrogen-bond acceptors (Lipinski definition) is 10. The maximum Gasteiger partial charge on any atom is 0.341 e. The van der Waals surface area contributed by atoms with Crippen LogP contribution < -0.4 is 14.9 Å². The van der Waals surface area contributed by atoms with Crippen molar-refractivity contribution in [3.63, 3.8) is 0 Å². The maximum absolute atomic E-state index is 14.0. The Hall–Kier alpha value is -3.99. The first kappa shape index (κ1) is 44.6. The molecular weight excluding hydrogens is 836 g/mol. The third-order valence-electron chi connectivity index (χ3n) is 10.6. The van der Waals surface area contributed by atoms with Gasteiger partial charge < -0.3 is 15.1 Å². The van der Waals surface area contributed by atoms with Gasteiger partial charge in [-0.05, 0) is 131 Å². The van der Waals surface area contributed by atoms with E-state index in [1.807, 2.05) is 66.2 Å². The second-order valence-electron chi connectivity index (χ2n) is 15.1. The van der Waals surface area contributed by atoms with Crippen molar-refractivity contribution in [1.82, 2.24) is 14.5 Å². The van der Waals surface area contributed by atoms with Gasteiger partial charge in [0.25, 0.3) is 15.9 Å². The number of halogens is 3. The SMILES string of the molecule is CN(C)CC[C@H](CSc1ccccc1)Nc1ccc(S(=O)(=O)NC(=O)c2ccc(N3CCN(CC4=C(c5ccc(Cl)cc5)CCCC4)CC3)cc2)cc1S(=O)(=O)C(F)F. The Kier molecular flexibility index (Phi) is 15.1. The Morgan fingerprint density at radius 2 is 1.54 bits per heavy atom. The minimum Gasteiger partial charge on any atom is -0.380 e. The van der Waals surface area contributed by atoms with Crippen LogP contribution in [0.5, 0.6) is 0 Å². The van der Waals surface area contributed by atoms with E-state index in [4.69, 9.17) is 11.6 Å². The number of hydrogen-bond donors (Lipinski definition) is 2. The fourth-order valence-electron chi connectivity index (χ4n) is 7.30. The number of rotatable bonds is 17. The van der Waals surface area contributed by atoms with Crippen LogP contribution >= 0.6 is 23.4 Å². The highest BCUT2D eigenvalue weighted by Crippen LogP contribution is 2.34. The minimum absolute atomic E-state index is 0.0632. The van der Waals surface area contributed by atoms with Crippen molar-refractivity contribution in [1.29, 1.82) is 0 Å². The summed E-state index contributed by atoms with van der Waals surface area (Å²) < 4.78 is 82.8. The summed E-state index contributed by atoms with van der Waals surface area (Å²) >= 11 is 7.65. The van der Waals surface area contributed by atoms with Gasteiger partial charge in [0.1, 0.15) is 0 Å². The van der Waals surface area contributed by atoms with Gasteiger partial charge in [-0.2, -0.15) is 8.78 Å². The zero-order valence-corrected chi connectivity index (χ0v) is 36.3. The highest BCUT2D eigenvalue weighted by Gasteiger charge is 2.32. The summed E-state index contributed by atoms with van der Waals surface area (Å²) in [5.74, 6) is -4.28. The standard InChI is InChI=1S/C43H50ClF2N5O5S3/c1-49(2)23-22-35(30-57-37-9-4-3-5-10-37)47-40-21-20-38(28-41(40)58(53,54)43(45)46)59(55,56)48-42(52)32-14-18-36(19-15-32)51-26-24-50(25-27-51)29-33-8-6-7-11-39(33)31-12-16-34(44)17-13-31/h3-5,9-10,12-21,28,35,43,47H,6-8,11,22-27,29-30H2,1-2H3,(H,48,52)/t35-/m1/s1. The predicted octanol–water partition coefficient (Wildman–Crippen LogP) is 8.13. The van der Waals surface area contributed by atoms with Crippen molar-refractivity contribution in [2.75, 3.05) is 69.3 Å². The largest absolute Gasteiger partial charge is 0.380 e. The molecule has 0 spiro atoms. The number of thioether (sulfide) groups is 1. The summed E-state index contributed by atoms with van der Waals surface area (Å²) in [5, 5.41) is 3.82. The van der Waals surface area contributed by atoms with E-state index in [1.54, 1.807) is 12.1 Å². The molecule has 16 heteroatoms. The van der Waals surface area contributed by atoms with E-state index in [-0.39, 0.29) is 17.3 Å². The van der Waals surface area contributed by atoms with Gasteiger partial charge in [0, 0.05) is 65.7 Å². The average molecular weight is 887 g/mol. The first-order valence-electron chi connectivity index (χ1n) is 19.6. The van der Waals surface area contributed by atoms with E-state index in [0.717, 1.165) is 73.3 Å². The fraction of sp³-hybridized carbons (Fsp3) is 0.372. The number of amides is 1. The highest BCUT2D eigenvalue weighted by atomic mass is 35.5. The van der Waals surface area contributed by atoms with Crippen LogP contribution in [0.25, 0.3) is 5.57 Å². The summed E-state index contributed by atoms with van der Waals surface area (Å²) in [4.78, 5) is 19.3. The Morgan fingerprint density at radius 3 is 2.20 bits per heavy atom. The first-order chi connectivity index (χ1) is 28.2. The van der Waals surface area contributed by atoms with Crippen molar-refractivity contribution in [3.05, 3.63) is 119 Å². The molecule has 0 bridgehead atoms. The lowest BCUT2D eigenvalue weighted by molar-refractivity contribution is 0.0981. The van der Waals surface area contributed by atoms with Crippen LogP contribution in [0.1, 0.15) is 48.0 Å². The molecule has 6 rings (SSSR count). The molecule has 1 fully saturated rings. The molecule has 2 N–H and O–H groups in total. The quantitative estimate of drug-likeness (QED) is 0.101. The van der Waals surface area contributed by atoms with E-state index < -0.39 is 41.3 Å². The summed E-state index contributed by atoms with van der Waals surface area (Å²) in [6.07, 6.45) is 5.06. The van der Waals surface area contributed by atoms with Crippen molar-refractivity contribution >= 4 is 66.1 Å². The summed E-state index contributed by atoms with van der Waals surface area (Å²) in [6, 6.07) is 26.8. The number of allylic oxidation sites excluding steroid dienone is 1. The molecule has 0 radical (unpaired) electrons. The van der Waals surface area contributed by atoms with Gasteiger partial charge in [0.2, 0.25) is 9.84 Å². The van der Waals surface area contributed by atoms with E-state index in [9.17, 15) is 30.4 Å². The number of sulfone groups is 1. The molecule has 1 heterocycles. The lowest BCUT2D eigenvalue weighted by Gasteiger charge is -2.37. The van der Waals surface area contributed by atoms with Crippen LogP contribution in [0, 0.1) is 0 Å². The molecule has 4 aromatic carbocycles. The Labute approximate surface area is 356 Å². The summed E-state index contributed by atoms with van der Waals surface area (Å²) in [5.41, 5.74) is 4.94. The smallest absolute Gasteiger partial charge is 0.341 e. The molecule has 0 aromatic heterocycles. The fourth-order valence-corrected chi connectivity index (χ4v) is 10.4. The molecule has 4 aromatic rings. The van der Waals surface area contributed by atoms with Crippen LogP contribution in [0.15, 0.2) is 117 Å². The number of piperazine rings is 1. The van der Waals surface area contributed by atoms with E-state index in [1.165, 1.54) is 53.4 Å². The number of carbonyl (C=O) groups is 1. The normalized spacial score (nSPS) is 16.1. The molecule has 1 aliphatic carbocycles. The zero-order chi connectivity index (χ0) is 42.2. The molecular formula is C43H50ClF2N5O5S3. The van der Waals surface area contributed by atoms with Crippen LogP contribution in [0.2, 0.25) is 5.02 Å². The van der Waals surface area contributed by atoms with Gasteiger partial charge >= 0.3 is 5.76 Å². The minimum atomic E-state index is -5.26. The molecule has 1 saturated heterocycles. The van der Waals surface area contributed by atoms with Gasteiger partial charge in [-0.1, -0.05) is 47.5 Å². The Morgan fingerprint density at radius 1 is 0.864 bits per heavy atom. The second-order valence-corrected chi connectivity index (χ2v) is 20.2. The lowest BCUT2D eigenvalue weighted by Crippen LogP contribution is -2.47. The second kappa shape index (κ2) is 20.0. The number of sulfonamides is 1. The van der Waals surface area contributed by atoms with Crippen molar-refractivity contribution in [2.24, 2.45) is 0 Å².